The van der Waals surface area contributed by atoms with Crippen molar-refractivity contribution in [1.29, 1.82) is 0 Å². The van der Waals surface area contributed by atoms with Gasteiger partial charge in [-0.05, 0) is 19.4 Å². The maximum atomic E-state index is 5.73. The Bertz CT molecular complexity index is 438. The van der Waals surface area contributed by atoms with Gasteiger partial charge in [0.15, 0.2) is 5.96 Å². The lowest BCUT2D eigenvalue weighted by atomic mass is 10.2. The molecule has 1 aromatic rings. The molecule has 0 saturated heterocycles. The summed E-state index contributed by atoms with van der Waals surface area (Å²) in [6.07, 6.45) is 3.89. The Balaban J connectivity index is 2.44. The fourth-order valence-electron chi connectivity index (χ4n) is 1.79. The molecule has 0 saturated carbocycles. The SMILES string of the molecule is CCCCOc1ncccc1CNC(=NC)NCCOCC. The molecule has 0 aliphatic rings. The second kappa shape index (κ2) is 11.8. The number of pyridine rings is 1. The van der Waals surface area contributed by atoms with E-state index < -0.39 is 0 Å². The highest BCUT2D eigenvalue weighted by Crippen LogP contribution is 2.14. The van der Waals surface area contributed by atoms with E-state index in [1.54, 1.807) is 13.2 Å². The lowest BCUT2D eigenvalue weighted by molar-refractivity contribution is 0.152. The van der Waals surface area contributed by atoms with E-state index in [0.29, 0.717) is 25.6 Å². The molecule has 0 amide bonds. The second-order valence-electron chi connectivity index (χ2n) is 4.72. The predicted octanol–water partition coefficient (Wildman–Crippen LogP) is 1.96. The highest BCUT2D eigenvalue weighted by Gasteiger charge is 2.05. The fraction of sp³-hybridized carbons (Fsp3) is 0.625. The van der Waals surface area contributed by atoms with E-state index in [4.69, 9.17) is 9.47 Å². The molecule has 0 unspecified atom stereocenters. The van der Waals surface area contributed by atoms with E-state index in [1.165, 1.54) is 0 Å². The van der Waals surface area contributed by atoms with Crippen LogP contribution in [0, 0.1) is 0 Å². The number of aliphatic imine (C=N–C) groups is 1. The van der Waals surface area contributed by atoms with Crippen LogP contribution in [0.1, 0.15) is 32.3 Å². The number of aromatic nitrogens is 1. The average molecular weight is 308 g/mol. The van der Waals surface area contributed by atoms with Gasteiger partial charge in [-0.3, -0.25) is 4.99 Å². The van der Waals surface area contributed by atoms with Crippen LogP contribution in [0.2, 0.25) is 0 Å². The van der Waals surface area contributed by atoms with Gasteiger partial charge in [0.2, 0.25) is 5.88 Å². The van der Waals surface area contributed by atoms with Crippen molar-refractivity contribution in [2.75, 3.05) is 33.4 Å². The van der Waals surface area contributed by atoms with Gasteiger partial charge in [-0.2, -0.15) is 0 Å². The largest absolute Gasteiger partial charge is 0.477 e. The number of nitrogens with one attached hydrogen (secondary N) is 2. The van der Waals surface area contributed by atoms with Crippen LogP contribution in [-0.4, -0.2) is 44.4 Å². The summed E-state index contributed by atoms with van der Waals surface area (Å²) in [4.78, 5) is 8.48. The highest BCUT2D eigenvalue weighted by molar-refractivity contribution is 5.79. The quantitative estimate of drug-likeness (QED) is 0.393. The van der Waals surface area contributed by atoms with Crippen LogP contribution < -0.4 is 15.4 Å². The second-order valence-corrected chi connectivity index (χ2v) is 4.72. The van der Waals surface area contributed by atoms with Crippen molar-refractivity contribution in [2.24, 2.45) is 4.99 Å². The van der Waals surface area contributed by atoms with Crippen molar-refractivity contribution in [3.8, 4) is 5.88 Å². The van der Waals surface area contributed by atoms with Crippen LogP contribution in [0.15, 0.2) is 23.3 Å². The lowest BCUT2D eigenvalue weighted by Crippen LogP contribution is -2.38. The first-order valence-electron chi connectivity index (χ1n) is 7.90. The van der Waals surface area contributed by atoms with Gasteiger partial charge < -0.3 is 20.1 Å². The molecule has 0 spiro atoms. The van der Waals surface area contributed by atoms with Crippen molar-refractivity contribution in [3.63, 3.8) is 0 Å². The lowest BCUT2D eigenvalue weighted by Gasteiger charge is -2.14. The van der Waals surface area contributed by atoms with Crippen LogP contribution in [0.3, 0.4) is 0 Å². The van der Waals surface area contributed by atoms with Gasteiger partial charge in [0.1, 0.15) is 0 Å². The third-order valence-electron chi connectivity index (χ3n) is 3.00. The molecule has 0 aliphatic carbocycles. The molecule has 0 aliphatic heterocycles. The van der Waals surface area contributed by atoms with Crippen LogP contribution in [0.4, 0.5) is 0 Å². The summed E-state index contributed by atoms with van der Waals surface area (Å²) in [6, 6.07) is 3.92. The third-order valence-corrected chi connectivity index (χ3v) is 3.00. The first kappa shape index (κ1) is 18.2. The molecule has 6 heteroatoms. The van der Waals surface area contributed by atoms with E-state index in [-0.39, 0.29) is 0 Å². The van der Waals surface area contributed by atoms with Crippen molar-refractivity contribution in [2.45, 2.75) is 33.2 Å². The molecule has 0 fully saturated rings. The number of guanidine groups is 1. The van der Waals surface area contributed by atoms with Gasteiger partial charge in [0.05, 0.1) is 13.2 Å². The van der Waals surface area contributed by atoms with E-state index >= 15 is 0 Å². The smallest absolute Gasteiger partial charge is 0.218 e. The first-order valence-corrected chi connectivity index (χ1v) is 7.90. The van der Waals surface area contributed by atoms with E-state index in [2.05, 4.69) is 27.5 Å². The van der Waals surface area contributed by atoms with Gasteiger partial charge in [-0.15, -0.1) is 0 Å². The van der Waals surface area contributed by atoms with Gasteiger partial charge in [0.25, 0.3) is 0 Å². The number of unbranched alkanes of at least 4 members (excludes halogenated alkanes) is 1. The molecule has 1 aromatic heterocycles. The van der Waals surface area contributed by atoms with Crippen LogP contribution in [0.25, 0.3) is 0 Å². The van der Waals surface area contributed by atoms with E-state index in [0.717, 1.165) is 37.5 Å². The van der Waals surface area contributed by atoms with Crippen LogP contribution in [-0.2, 0) is 11.3 Å². The maximum absolute atomic E-state index is 5.73. The Morgan fingerprint density at radius 3 is 2.86 bits per heavy atom. The number of hydrogen-bond acceptors (Lipinski definition) is 4. The van der Waals surface area contributed by atoms with Crippen molar-refractivity contribution in [1.82, 2.24) is 15.6 Å². The monoisotopic (exact) mass is 308 g/mol. The van der Waals surface area contributed by atoms with Gasteiger partial charge in [-0.25, -0.2) is 4.98 Å². The Labute approximate surface area is 133 Å². The molecule has 22 heavy (non-hydrogen) atoms. The molecule has 0 atom stereocenters. The molecule has 1 heterocycles. The Morgan fingerprint density at radius 2 is 2.14 bits per heavy atom. The number of hydrogen-bond donors (Lipinski definition) is 2. The van der Waals surface area contributed by atoms with Crippen molar-refractivity contribution < 1.29 is 9.47 Å². The van der Waals surface area contributed by atoms with Crippen molar-refractivity contribution in [3.05, 3.63) is 23.9 Å². The van der Waals surface area contributed by atoms with Gasteiger partial charge in [-0.1, -0.05) is 19.4 Å². The minimum absolute atomic E-state index is 0.615. The summed E-state index contributed by atoms with van der Waals surface area (Å²) in [5.41, 5.74) is 1.02. The maximum Gasteiger partial charge on any atom is 0.218 e. The summed E-state index contributed by atoms with van der Waals surface area (Å²) in [7, 11) is 1.75. The van der Waals surface area contributed by atoms with E-state index in [1.807, 2.05) is 19.1 Å². The van der Waals surface area contributed by atoms with E-state index in [9.17, 15) is 0 Å². The number of ether oxygens (including phenoxy) is 2. The third kappa shape index (κ3) is 7.26. The normalized spacial score (nSPS) is 11.3. The van der Waals surface area contributed by atoms with Crippen LogP contribution in [0.5, 0.6) is 5.88 Å². The molecule has 124 valence electrons. The molecule has 0 aromatic carbocycles. The number of rotatable bonds is 10. The summed E-state index contributed by atoms with van der Waals surface area (Å²) in [6.45, 7) is 7.54. The number of nitrogens with zero attached hydrogens (tertiary/aromatic N) is 2. The molecule has 1 rings (SSSR count). The molecule has 2 N–H and O–H groups in total. The molecule has 0 radical (unpaired) electrons. The molecule has 6 nitrogen and oxygen atoms in total. The minimum atomic E-state index is 0.615. The molecular weight excluding hydrogens is 280 g/mol. The van der Waals surface area contributed by atoms with Crippen LogP contribution >= 0.6 is 0 Å². The average Bonchev–Trinajstić information content (AvgIpc) is 2.55. The minimum Gasteiger partial charge on any atom is -0.477 e. The first-order chi connectivity index (χ1) is 10.8. The van der Waals surface area contributed by atoms with Gasteiger partial charge in [0, 0.05) is 38.5 Å². The highest BCUT2D eigenvalue weighted by atomic mass is 16.5. The van der Waals surface area contributed by atoms with Crippen molar-refractivity contribution >= 4 is 5.96 Å². The molecular formula is C16H28N4O2. The topological polar surface area (TPSA) is 67.8 Å². The summed E-state index contributed by atoms with van der Waals surface area (Å²) < 4.78 is 11.0. The Kier molecular flexibility index (Phi) is 9.78. The molecule has 0 bridgehead atoms. The zero-order valence-corrected chi connectivity index (χ0v) is 13.9. The summed E-state index contributed by atoms with van der Waals surface area (Å²) in [5.74, 6) is 1.43. The zero-order valence-electron chi connectivity index (χ0n) is 13.9. The Morgan fingerprint density at radius 1 is 1.27 bits per heavy atom. The summed E-state index contributed by atoms with van der Waals surface area (Å²) >= 11 is 0. The fourth-order valence-corrected chi connectivity index (χ4v) is 1.79. The predicted molar refractivity (Wildman–Crippen MR) is 89.3 cm³/mol. The Hall–Kier alpha value is -1.82. The van der Waals surface area contributed by atoms with Gasteiger partial charge >= 0.3 is 0 Å². The zero-order chi connectivity index (χ0) is 16.0. The standard InChI is InChI=1S/C16H28N4O2/c1-4-6-11-22-15-14(8-7-9-18-15)13-20-16(17-3)19-10-12-21-5-2/h7-9H,4-6,10-13H2,1-3H3,(H2,17,19,20). The summed E-state index contributed by atoms with van der Waals surface area (Å²) in [5, 5.41) is 6.46.